The molecule has 1 aromatic heterocycles. The number of aromatic amines is 1. The third-order valence-electron chi connectivity index (χ3n) is 5.03. The number of benzene rings is 2. The number of carbonyl (C=O) groups is 1. The Balaban J connectivity index is 1.96. The lowest BCUT2D eigenvalue weighted by atomic mass is 9.95. The summed E-state index contributed by atoms with van der Waals surface area (Å²) >= 11 is 0. The van der Waals surface area contributed by atoms with Crippen LogP contribution in [0.5, 0.6) is 11.5 Å². The zero-order valence-corrected chi connectivity index (χ0v) is 17.3. The van der Waals surface area contributed by atoms with Gasteiger partial charge in [0.05, 0.1) is 31.5 Å². The van der Waals surface area contributed by atoms with Crippen LogP contribution in [-0.4, -0.2) is 30.3 Å². The molecule has 1 amide bonds. The molecule has 0 spiro atoms. The Bertz CT molecular complexity index is 967. The molecule has 6 nitrogen and oxygen atoms in total. The number of H-pyrrole nitrogens is 1. The van der Waals surface area contributed by atoms with Crippen molar-refractivity contribution in [3.63, 3.8) is 0 Å². The highest BCUT2D eigenvalue weighted by Gasteiger charge is 2.23. The topological polar surface area (TPSA) is 76.2 Å². The van der Waals surface area contributed by atoms with Crippen LogP contribution < -0.4 is 14.8 Å². The second kappa shape index (κ2) is 9.28. The molecular weight excluding hydrogens is 366 g/mol. The standard InChI is InChI=1S/C23H27N3O3/c1-5-17(15-10-8-7-9-11-15)23(27)24-22-18(6-2)25-26-21(22)16-12-13-19(28-3)20(14-16)29-4/h7-14,17H,5-6H2,1-4H3,(H,24,27)(H,25,26)/t17-/m1/s1. The van der Waals surface area contributed by atoms with E-state index >= 15 is 0 Å². The third kappa shape index (κ3) is 4.26. The van der Waals surface area contributed by atoms with E-state index in [4.69, 9.17) is 9.47 Å². The van der Waals surface area contributed by atoms with Crippen molar-refractivity contribution < 1.29 is 14.3 Å². The lowest BCUT2D eigenvalue weighted by Crippen LogP contribution is -2.21. The molecule has 2 aromatic carbocycles. The highest BCUT2D eigenvalue weighted by atomic mass is 16.5. The van der Waals surface area contributed by atoms with Crippen molar-refractivity contribution in [2.75, 3.05) is 19.5 Å². The molecule has 0 aliphatic carbocycles. The van der Waals surface area contributed by atoms with E-state index in [1.165, 1.54) is 0 Å². The summed E-state index contributed by atoms with van der Waals surface area (Å²) in [6, 6.07) is 15.4. The number of hydrogen-bond acceptors (Lipinski definition) is 4. The second-order valence-corrected chi connectivity index (χ2v) is 6.71. The lowest BCUT2D eigenvalue weighted by Gasteiger charge is -2.16. The fourth-order valence-corrected chi connectivity index (χ4v) is 3.43. The number of nitrogens with zero attached hydrogens (tertiary/aromatic N) is 1. The zero-order valence-electron chi connectivity index (χ0n) is 17.3. The maximum absolute atomic E-state index is 13.1. The first-order valence-corrected chi connectivity index (χ1v) is 9.78. The Morgan fingerprint density at radius 3 is 2.41 bits per heavy atom. The summed E-state index contributed by atoms with van der Waals surface area (Å²) in [5.41, 5.74) is 4.10. The van der Waals surface area contributed by atoms with Crippen molar-refractivity contribution in [1.29, 1.82) is 0 Å². The maximum atomic E-state index is 13.1. The number of nitrogens with one attached hydrogen (secondary N) is 2. The van der Waals surface area contributed by atoms with Crippen molar-refractivity contribution in [3.05, 3.63) is 59.8 Å². The summed E-state index contributed by atoms with van der Waals surface area (Å²) in [5.74, 6) is 0.979. The van der Waals surface area contributed by atoms with Crippen molar-refractivity contribution in [3.8, 4) is 22.8 Å². The Kier molecular flexibility index (Phi) is 6.54. The number of anilines is 1. The highest BCUT2D eigenvalue weighted by Crippen LogP contribution is 2.36. The van der Waals surface area contributed by atoms with Crippen LogP contribution in [0, 0.1) is 0 Å². The van der Waals surface area contributed by atoms with Gasteiger partial charge in [-0.25, -0.2) is 0 Å². The number of amides is 1. The Morgan fingerprint density at radius 1 is 1.07 bits per heavy atom. The first-order chi connectivity index (χ1) is 14.1. The summed E-state index contributed by atoms with van der Waals surface area (Å²) in [7, 11) is 3.19. The van der Waals surface area contributed by atoms with Gasteiger partial charge in [0.1, 0.15) is 5.69 Å². The largest absolute Gasteiger partial charge is 0.493 e. The fraction of sp³-hybridized carbons (Fsp3) is 0.304. The van der Waals surface area contributed by atoms with Crippen LogP contribution in [0.2, 0.25) is 0 Å². The van der Waals surface area contributed by atoms with Crippen molar-refractivity contribution in [2.45, 2.75) is 32.6 Å². The van der Waals surface area contributed by atoms with Crippen LogP contribution in [0.3, 0.4) is 0 Å². The molecule has 0 unspecified atom stereocenters. The number of hydrogen-bond donors (Lipinski definition) is 2. The van der Waals surface area contributed by atoms with Gasteiger partial charge in [0, 0.05) is 5.56 Å². The molecular formula is C23H27N3O3. The molecule has 0 aliphatic rings. The van der Waals surface area contributed by atoms with Gasteiger partial charge in [-0.05, 0) is 36.6 Å². The van der Waals surface area contributed by atoms with E-state index in [1.54, 1.807) is 14.2 Å². The quantitative estimate of drug-likeness (QED) is 0.577. The summed E-state index contributed by atoms with van der Waals surface area (Å²) in [6.07, 6.45) is 1.43. The minimum Gasteiger partial charge on any atom is -0.493 e. The molecule has 0 fully saturated rings. The van der Waals surface area contributed by atoms with E-state index in [0.717, 1.165) is 23.2 Å². The van der Waals surface area contributed by atoms with Gasteiger partial charge in [0.25, 0.3) is 0 Å². The smallest absolute Gasteiger partial charge is 0.232 e. The monoisotopic (exact) mass is 393 g/mol. The van der Waals surface area contributed by atoms with E-state index in [-0.39, 0.29) is 11.8 Å². The molecule has 2 N–H and O–H groups in total. The first-order valence-electron chi connectivity index (χ1n) is 9.78. The van der Waals surface area contributed by atoms with Gasteiger partial charge in [0.15, 0.2) is 11.5 Å². The summed E-state index contributed by atoms with van der Waals surface area (Å²) in [6.45, 7) is 4.04. The number of aryl methyl sites for hydroxylation is 1. The number of carbonyl (C=O) groups excluding carboxylic acids is 1. The Morgan fingerprint density at radius 2 is 1.79 bits per heavy atom. The predicted molar refractivity (Wildman–Crippen MR) is 115 cm³/mol. The number of methoxy groups -OCH3 is 2. The van der Waals surface area contributed by atoms with Gasteiger partial charge in [-0.1, -0.05) is 44.2 Å². The highest BCUT2D eigenvalue weighted by molar-refractivity contribution is 5.99. The van der Waals surface area contributed by atoms with Crippen molar-refractivity contribution in [2.24, 2.45) is 0 Å². The average Bonchev–Trinajstić information content (AvgIpc) is 3.16. The number of ether oxygens (including phenoxy) is 2. The Hall–Kier alpha value is -3.28. The molecule has 0 radical (unpaired) electrons. The van der Waals surface area contributed by atoms with Crippen molar-refractivity contribution >= 4 is 11.6 Å². The van der Waals surface area contributed by atoms with E-state index in [0.29, 0.717) is 29.3 Å². The average molecular weight is 393 g/mol. The van der Waals surface area contributed by atoms with Gasteiger partial charge >= 0.3 is 0 Å². The molecule has 0 bridgehead atoms. The van der Waals surface area contributed by atoms with Gasteiger partial charge < -0.3 is 14.8 Å². The second-order valence-electron chi connectivity index (χ2n) is 6.71. The third-order valence-corrected chi connectivity index (χ3v) is 5.03. The minimum absolute atomic E-state index is 0.0449. The molecule has 0 saturated carbocycles. The predicted octanol–water partition coefficient (Wildman–Crippen LogP) is 4.79. The van der Waals surface area contributed by atoms with Gasteiger partial charge in [-0.15, -0.1) is 0 Å². The summed E-state index contributed by atoms with van der Waals surface area (Å²) in [4.78, 5) is 13.1. The van der Waals surface area contributed by atoms with Gasteiger partial charge in [-0.3, -0.25) is 9.89 Å². The maximum Gasteiger partial charge on any atom is 0.232 e. The first kappa shape index (κ1) is 20.5. The van der Waals surface area contributed by atoms with E-state index in [1.807, 2.05) is 62.4 Å². The normalized spacial score (nSPS) is 11.7. The number of rotatable bonds is 8. The molecule has 6 heteroatoms. The molecule has 3 aromatic rings. The summed E-state index contributed by atoms with van der Waals surface area (Å²) < 4.78 is 10.7. The minimum atomic E-state index is -0.228. The SMILES string of the molecule is CCc1[nH]nc(-c2ccc(OC)c(OC)c2)c1NC(=O)[C@H](CC)c1ccccc1. The molecule has 29 heavy (non-hydrogen) atoms. The van der Waals surface area contributed by atoms with Crippen molar-refractivity contribution in [1.82, 2.24) is 10.2 Å². The lowest BCUT2D eigenvalue weighted by molar-refractivity contribution is -0.117. The van der Waals surface area contributed by atoms with Crippen LogP contribution in [-0.2, 0) is 11.2 Å². The van der Waals surface area contributed by atoms with Crippen LogP contribution in [0.25, 0.3) is 11.3 Å². The fourth-order valence-electron chi connectivity index (χ4n) is 3.43. The van der Waals surface area contributed by atoms with Crippen LogP contribution >= 0.6 is 0 Å². The van der Waals surface area contributed by atoms with Crippen LogP contribution in [0.4, 0.5) is 5.69 Å². The number of aromatic nitrogens is 2. The van der Waals surface area contributed by atoms with Gasteiger partial charge in [-0.2, -0.15) is 5.10 Å². The van der Waals surface area contributed by atoms with E-state index in [9.17, 15) is 4.79 Å². The molecule has 3 rings (SSSR count). The zero-order chi connectivity index (χ0) is 20.8. The van der Waals surface area contributed by atoms with Crippen LogP contribution in [0.1, 0.15) is 37.4 Å². The molecule has 1 atom stereocenters. The van der Waals surface area contributed by atoms with E-state index in [2.05, 4.69) is 15.5 Å². The molecule has 1 heterocycles. The van der Waals surface area contributed by atoms with Gasteiger partial charge in [0.2, 0.25) is 5.91 Å². The molecule has 0 aliphatic heterocycles. The molecule has 152 valence electrons. The summed E-state index contributed by atoms with van der Waals surface area (Å²) in [5, 5.41) is 10.6. The van der Waals surface area contributed by atoms with Crippen LogP contribution in [0.15, 0.2) is 48.5 Å². The molecule has 0 saturated heterocycles. The van der Waals surface area contributed by atoms with E-state index < -0.39 is 0 Å². The Labute approximate surface area is 171 Å².